The Kier molecular flexibility index (Phi) is 2.99. The van der Waals surface area contributed by atoms with Crippen LogP contribution in [0.2, 0.25) is 5.02 Å². The minimum absolute atomic E-state index is 0.147. The van der Waals surface area contributed by atoms with E-state index in [1.807, 2.05) is 30.5 Å². The normalized spacial score (nSPS) is 15.5. The maximum atomic E-state index is 9.69. The first-order chi connectivity index (χ1) is 12.2. The van der Waals surface area contributed by atoms with E-state index in [1.165, 1.54) is 0 Å². The van der Waals surface area contributed by atoms with Gasteiger partial charge in [-0.05, 0) is 23.8 Å². The molecule has 1 aliphatic heterocycles. The number of halogens is 1. The Morgan fingerprint density at radius 2 is 1.92 bits per heavy atom. The van der Waals surface area contributed by atoms with Crippen LogP contribution in [0, 0.1) is 0 Å². The number of benzene rings is 2. The number of hydrogen-bond donors (Lipinski definition) is 3. The van der Waals surface area contributed by atoms with Crippen LogP contribution in [0.15, 0.2) is 54.9 Å². The summed E-state index contributed by atoms with van der Waals surface area (Å²) in [6.07, 6.45) is 3.73. The number of anilines is 1. The van der Waals surface area contributed by atoms with Crippen LogP contribution in [-0.2, 0) is 0 Å². The molecule has 25 heavy (non-hydrogen) atoms. The molecule has 1 aliphatic rings. The number of rotatable bonds is 1. The third-order valence-electron chi connectivity index (χ3n) is 4.63. The van der Waals surface area contributed by atoms with Crippen LogP contribution in [0.25, 0.3) is 22.2 Å². The Balaban J connectivity index is 1.85. The average molecular weight is 349 g/mol. The zero-order valence-electron chi connectivity index (χ0n) is 13.0. The van der Waals surface area contributed by atoms with Crippen molar-refractivity contribution in [3.05, 3.63) is 71.0 Å². The maximum absolute atomic E-state index is 9.69. The molecule has 0 spiro atoms. The van der Waals surface area contributed by atoms with Crippen molar-refractivity contribution < 1.29 is 5.11 Å². The molecule has 0 saturated heterocycles. The quantitative estimate of drug-likeness (QED) is 0.473. The Labute approximate surface area is 148 Å². The lowest BCUT2D eigenvalue weighted by Gasteiger charge is -2.20. The summed E-state index contributed by atoms with van der Waals surface area (Å²) < 4.78 is 0. The minimum atomic E-state index is -0.173. The number of hydrogen-bond acceptors (Lipinski definition) is 4. The van der Waals surface area contributed by atoms with Gasteiger partial charge < -0.3 is 15.4 Å². The van der Waals surface area contributed by atoms with Crippen molar-refractivity contribution >= 4 is 28.3 Å². The first-order valence-electron chi connectivity index (χ1n) is 7.89. The lowest BCUT2D eigenvalue weighted by molar-refractivity contribution is 0.475. The Bertz CT molecular complexity index is 1120. The molecule has 0 aliphatic carbocycles. The van der Waals surface area contributed by atoms with Gasteiger partial charge in [-0.2, -0.15) is 5.10 Å². The van der Waals surface area contributed by atoms with Gasteiger partial charge in [0.05, 0.1) is 12.2 Å². The molecule has 1 atom stereocenters. The fourth-order valence-corrected chi connectivity index (χ4v) is 3.79. The molecule has 5 nitrogen and oxygen atoms in total. The van der Waals surface area contributed by atoms with Gasteiger partial charge in [0.25, 0.3) is 0 Å². The standard InChI is InChI=1S/C19H13ClN4O/c20-15-7-10(25)5-6-12(15)18-14-8-21-19-17(14)13(9-22-24-19)11-3-1-2-4-16(11)23-18/h1-9,18,23,25H,(H,21,24)/t18-/m0/s1. The van der Waals surface area contributed by atoms with Crippen LogP contribution in [0.3, 0.4) is 0 Å². The van der Waals surface area contributed by atoms with Gasteiger partial charge in [0.2, 0.25) is 0 Å². The first-order valence-corrected chi connectivity index (χ1v) is 8.27. The molecule has 0 bridgehead atoms. The Morgan fingerprint density at radius 3 is 2.80 bits per heavy atom. The van der Waals surface area contributed by atoms with Gasteiger partial charge in [0.1, 0.15) is 5.75 Å². The fraction of sp³-hybridized carbons (Fsp3) is 0.0526. The molecule has 2 aromatic heterocycles. The van der Waals surface area contributed by atoms with E-state index in [0.717, 1.165) is 39.0 Å². The van der Waals surface area contributed by atoms with Crippen molar-refractivity contribution in [3.8, 4) is 16.9 Å². The number of aromatic nitrogens is 3. The third kappa shape index (κ3) is 2.09. The number of aromatic hydroxyl groups is 1. The van der Waals surface area contributed by atoms with Crippen molar-refractivity contribution in [3.63, 3.8) is 0 Å². The monoisotopic (exact) mass is 348 g/mol. The highest BCUT2D eigenvalue weighted by atomic mass is 35.5. The zero-order chi connectivity index (χ0) is 17.0. The van der Waals surface area contributed by atoms with E-state index in [-0.39, 0.29) is 11.8 Å². The van der Waals surface area contributed by atoms with E-state index in [1.54, 1.807) is 18.3 Å². The topological polar surface area (TPSA) is 73.8 Å². The van der Waals surface area contributed by atoms with Gasteiger partial charge in [-0.25, -0.2) is 0 Å². The molecule has 0 unspecified atom stereocenters. The summed E-state index contributed by atoms with van der Waals surface area (Å²) in [6, 6.07) is 13.0. The van der Waals surface area contributed by atoms with Crippen molar-refractivity contribution in [1.29, 1.82) is 0 Å². The minimum Gasteiger partial charge on any atom is -0.508 e. The smallest absolute Gasteiger partial charge is 0.160 e. The maximum Gasteiger partial charge on any atom is 0.160 e. The molecule has 122 valence electrons. The van der Waals surface area contributed by atoms with E-state index < -0.39 is 0 Å². The van der Waals surface area contributed by atoms with Gasteiger partial charge in [0.15, 0.2) is 5.65 Å². The lowest BCUT2D eigenvalue weighted by Crippen LogP contribution is -2.11. The summed E-state index contributed by atoms with van der Waals surface area (Å²) >= 11 is 6.43. The second-order valence-corrected chi connectivity index (χ2v) is 6.46. The van der Waals surface area contributed by atoms with Crippen molar-refractivity contribution in [2.45, 2.75) is 6.04 Å². The van der Waals surface area contributed by atoms with Gasteiger partial charge in [-0.1, -0.05) is 35.9 Å². The summed E-state index contributed by atoms with van der Waals surface area (Å²) in [5.74, 6) is 0.147. The molecule has 4 aromatic rings. The second-order valence-electron chi connectivity index (χ2n) is 6.05. The number of aromatic amines is 1. The van der Waals surface area contributed by atoms with Crippen molar-refractivity contribution in [2.24, 2.45) is 0 Å². The number of H-pyrrole nitrogens is 1. The molecule has 0 amide bonds. The summed E-state index contributed by atoms with van der Waals surface area (Å²) in [5, 5.41) is 23.2. The molecular weight excluding hydrogens is 336 g/mol. The highest BCUT2D eigenvalue weighted by molar-refractivity contribution is 6.31. The van der Waals surface area contributed by atoms with Crippen LogP contribution in [0.1, 0.15) is 17.2 Å². The van der Waals surface area contributed by atoms with Crippen LogP contribution in [0.4, 0.5) is 5.69 Å². The Hall–Kier alpha value is -3.05. The van der Waals surface area contributed by atoms with E-state index in [0.29, 0.717) is 5.02 Å². The van der Waals surface area contributed by atoms with Gasteiger partial charge in [-0.15, -0.1) is 5.10 Å². The largest absolute Gasteiger partial charge is 0.508 e. The second kappa shape index (κ2) is 5.22. The van der Waals surface area contributed by atoms with E-state index in [4.69, 9.17) is 11.6 Å². The summed E-state index contributed by atoms with van der Waals surface area (Å²) in [5.41, 5.74) is 5.78. The number of fused-ring (bicyclic) bond motifs is 2. The fourth-order valence-electron chi connectivity index (χ4n) is 3.50. The molecular formula is C19H13ClN4O. The average Bonchev–Trinajstić information content (AvgIpc) is 2.98. The third-order valence-corrected chi connectivity index (χ3v) is 4.95. The SMILES string of the molecule is Oc1ccc([C@@H]2Nc3ccccc3-c3cnnc4[nH]cc2c34)c(Cl)c1. The molecule has 3 heterocycles. The Morgan fingerprint density at radius 1 is 1.04 bits per heavy atom. The molecule has 6 heteroatoms. The number of para-hydroxylation sites is 1. The molecule has 2 aromatic carbocycles. The van der Waals surface area contributed by atoms with Crippen LogP contribution >= 0.6 is 11.6 Å². The number of phenolic OH excluding ortho intramolecular Hbond substituents is 1. The van der Waals surface area contributed by atoms with E-state index in [9.17, 15) is 5.11 Å². The van der Waals surface area contributed by atoms with Crippen LogP contribution in [-0.4, -0.2) is 20.3 Å². The molecule has 0 fully saturated rings. The summed E-state index contributed by atoms with van der Waals surface area (Å²) in [6.45, 7) is 0. The van der Waals surface area contributed by atoms with E-state index in [2.05, 4.69) is 26.6 Å². The number of nitrogens with one attached hydrogen (secondary N) is 2. The van der Waals surface area contributed by atoms with Gasteiger partial charge >= 0.3 is 0 Å². The van der Waals surface area contributed by atoms with Crippen LogP contribution < -0.4 is 5.32 Å². The summed E-state index contributed by atoms with van der Waals surface area (Å²) in [7, 11) is 0. The highest BCUT2D eigenvalue weighted by Crippen LogP contribution is 2.44. The van der Waals surface area contributed by atoms with Gasteiger partial charge in [-0.3, -0.25) is 0 Å². The highest BCUT2D eigenvalue weighted by Gasteiger charge is 2.27. The molecule has 5 rings (SSSR count). The molecule has 0 radical (unpaired) electrons. The molecule has 0 saturated carbocycles. The van der Waals surface area contributed by atoms with Crippen molar-refractivity contribution in [1.82, 2.24) is 15.2 Å². The van der Waals surface area contributed by atoms with Crippen molar-refractivity contribution in [2.75, 3.05) is 5.32 Å². The zero-order valence-corrected chi connectivity index (χ0v) is 13.7. The van der Waals surface area contributed by atoms with Gasteiger partial charge in [0, 0.05) is 39.0 Å². The van der Waals surface area contributed by atoms with E-state index >= 15 is 0 Å². The number of phenols is 1. The summed E-state index contributed by atoms with van der Waals surface area (Å²) in [4.78, 5) is 3.20. The number of nitrogens with zero attached hydrogens (tertiary/aromatic N) is 2. The van der Waals surface area contributed by atoms with Crippen LogP contribution in [0.5, 0.6) is 5.75 Å². The predicted octanol–water partition coefficient (Wildman–Crippen LogP) is 4.50. The predicted molar refractivity (Wildman–Crippen MR) is 97.9 cm³/mol. The molecule has 3 N–H and O–H groups in total. The lowest BCUT2D eigenvalue weighted by atomic mass is 9.97. The first kappa shape index (κ1) is 14.3.